The summed E-state index contributed by atoms with van der Waals surface area (Å²) in [7, 11) is 0. The van der Waals surface area contributed by atoms with Crippen LogP contribution >= 0.6 is 11.3 Å². The van der Waals surface area contributed by atoms with Crippen LogP contribution in [0.3, 0.4) is 0 Å². The van der Waals surface area contributed by atoms with Crippen molar-refractivity contribution in [3.8, 4) is 10.4 Å². The normalized spacial score (nSPS) is 22.1. The fourth-order valence-corrected chi connectivity index (χ4v) is 6.67. The summed E-state index contributed by atoms with van der Waals surface area (Å²) in [5.74, 6) is -0.529. The van der Waals surface area contributed by atoms with Crippen LogP contribution in [-0.4, -0.2) is 64.5 Å². The monoisotopic (exact) mass is 519 g/mol. The highest BCUT2D eigenvalue weighted by Gasteiger charge is 2.52. The van der Waals surface area contributed by atoms with E-state index in [4.69, 9.17) is 0 Å². The van der Waals surface area contributed by atoms with E-state index < -0.39 is 12.1 Å². The van der Waals surface area contributed by atoms with E-state index in [0.717, 1.165) is 10.4 Å². The lowest BCUT2D eigenvalue weighted by Crippen LogP contribution is -2.53. The first-order chi connectivity index (χ1) is 17.8. The molecule has 194 valence electrons. The van der Waals surface area contributed by atoms with Gasteiger partial charge in [-0.2, -0.15) is 0 Å². The number of amides is 3. The molecule has 3 aliphatic rings. The minimum absolute atomic E-state index is 0.0131. The molecule has 5 rings (SSSR count). The van der Waals surface area contributed by atoms with Crippen LogP contribution in [0.5, 0.6) is 0 Å². The van der Waals surface area contributed by atoms with Gasteiger partial charge in [0, 0.05) is 17.3 Å². The van der Waals surface area contributed by atoms with Gasteiger partial charge in [0.2, 0.25) is 11.8 Å². The standard InChI is InChI=1S/C29H33N3O4S/c1-18(2)16-21(30-27(34)25-13-12-24(37-25)19-8-4-3-5-9-19)29(36)31-15-14-22-26(31)23(33)17-32(22)28(35)20-10-6-7-11-20/h3-9,12-13,18,20-22,26H,10-11,14-17H2,1-2H3,(H,30,34). The van der Waals surface area contributed by atoms with Gasteiger partial charge in [-0.05, 0) is 49.3 Å². The molecule has 1 aliphatic carbocycles. The highest BCUT2D eigenvalue weighted by atomic mass is 32.1. The number of hydrogen-bond donors (Lipinski definition) is 1. The van der Waals surface area contributed by atoms with Gasteiger partial charge in [0.1, 0.15) is 12.1 Å². The van der Waals surface area contributed by atoms with Crippen LogP contribution in [0.4, 0.5) is 0 Å². The molecule has 7 nitrogen and oxygen atoms in total. The first kappa shape index (κ1) is 25.4. The first-order valence-corrected chi connectivity index (χ1v) is 13.9. The van der Waals surface area contributed by atoms with E-state index in [1.807, 2.05) is 62.4 Å². The summed E-state index contributed by atoms with van der Waals surface area (Å²) >= 11 is 1.39. The molecule has 3 atom stereocenters. The molecule has 1 aromatic carbocycles. The van der Waals surface area contributed by atoms with E-state index >= 15 is 0 Å². The summed E-state index contributed by atoms with van der Waals surface area (Å²) in [6, 6.07) is 11.9. The number of likely N-dealkylation sites (tertiary alicyclic amines) is 2. The number of fused-ring (bicyclic) bond motifs is 1. The predicted molar refractivity (Wildman–Crippen MR) is 143 cm³/mol. The molecule has 0 saturated carbocycles. The average molecular weight is 520 g/mol. The SMILES string of the molecule is CC(C)CC(NC(=O)c1ccc(-c2ccccc2)s1)C(=O)N1CCC2C1C(=O)CN2C(=O)C1CC=CC1. The average Bonchev–Trinajstić information content (AvgIpc) is 3.69. The Morgan fingerprint density at radius 1 is 1.03 bits per heavy atom. The quantitative estimate of drug-likeness (QED) is 0.562. The maximum absolute atomic E-state index is 13.7. The highest BCUT2D eigenvalue weighted by molar-refractivity contribution is 7.17. The number of ketones is 1. The molecule has 2 saturated heterocycles. The van der Waals surface area contributed by atoms with Crippen molar-refractivity contribution in [1.82, 2.24) is 15.1 Å². The summed E-state index contributed by atoms with van der Waals surface area (Å²) in [5, 5.41) is 2.96. The summed E-state index contributed by atoms with van der Waals surface area (Å²) in [6.45, 7) is 4.49. The smallest absolute Gasteiger partial charge is 0.262 e. The number of carbonyl (C=O) groups excluding carboxylic acids is 4. The molecule has 1 aromatic heterocycles. The Hall–Kier alpha value is -3.26. The molecule has 8 heteroatoms. The van der Waals surface area contributed by atoms with Gasteiger partial charge < -0.3 is 15.1 Å². The van der Waals surface area contributed by atoms with Crippen molar-refractivity contribution < 1.29 is 19.2 Å². The van der Waals surface area contributed by atoms with Gasteiger partial charge in [-0.15, -0.1) is 11.3 Å². The lowest BCUT2D eigenvalue weighted by molar-refractivity contribution is -0.138. The van der Waals surface area contributed by atoms with E-state index in [2.05, 4.69) is 5.32 Å². The first-order valence-electron chi connectivity index (χ1n) is 13.1. The Kier molecular flexibility index (Phi) is 7.29. The van der Waals surface area contributed by atoms with Crippen LogP contribution in [0.1, 0.15) is 49.2 Å². The second-order valence-electron chi connectivity index (χ2n) is 10.6. The fourth-order valence-electron chi connectivity index (χ4n) is 5.75. The molecule has 37 heavy (non-hydrogen) atoms. The summed E-state index contributed by atoms with van der Waals surface area (Å²) < 4.78 is 0. The van der Waals surface area contributed by atoms with Gasteiger partial charge in [-0.25, -0.2) is 0 Å². The van der Waals surface area contributed by atoms with Crippen molar-refractivity contribution in [2.45, 2.75) is 57.7 Å². The van der Waals surface area contributed by atoms with E-state index in [9.17, 15) is 19.2 Å². The van der Waals surface area contributed by atoms with Crippen molar-refractivity contribution in [2.75, 3.05) is 13.1 Å². The Morgan fingerprint density at radius 3 is 2.46 bits per heavy atom. The van der Waals surface area contributed by atoms with E-state index in [1.165, 1.54) is 11.3 Å². The third-order valence-corrected chi connectivity index (χ3v) is 8.68. The predicted octanol–water partition coefficient (Wildman–Crippen LogP) is 3.91. The Morgan fingerprint density at radius 2 is 1.76 bits per heavy atom. The largest absolute Gasteiger partial charge is 0.340 e. The molecule has 1 N–H and O–H groups in total. The number of Topliss-reactive ketones (excluding diaryl/α,β-unsaturated/α-hetero) is 1. The molecule has 2 aliphatic heterocycles. The fraction of sp³-hybridized carbons (Fsp3) is 0.448. The second-order valence-corrected chi connectivity index (χ2v) is 11.7. The van der Waals surface area contributed by atoms with Crippen molar-refractivity contribution in [2.24, 2.45) is 11.8 Å². The van der Waals surface area contributed by atoms with E-state index in [0.29, 0.717) is 37.1 Å². The molecule has 0 radical (unpaired) electrons. The summed E-state index contributed by atoms with van der Waals surface area (Å²) in [5.41, 5.74) is 1.04. The van der Waals surface area contributed by atoms with Crippen LogP contribution < -0.4 is 5.32 Å². The van der Waals surface area contributed by atoms with Gasteiger partial charge in [-0.1, -0.05) is 56.3 Å². The molecule has 2 fully saturated rings. The van der Waals surface area contributed by atoms with Crippen molar-refractivity contribution in [1.29, 1.82) is 0 Å². The number of nitrogens with one attached hydrogen (secondary N) is 1. The number of benzene rings is 1. The molecule has 0 bridgehead atoms. The number of nitrogens with zero attached hydrogens (tertiary/aromatic N) is 2. The summed E-state index contributed by atoms with van der Waals surface area (Å²) in [4.78, 5) is 57.9. The van der Waals surface area contributed by atoms with Crippen molar-refractivity contribution >= 4 is 34.8 Å². The third-order valence-electron chi connectivity index (χ3n) is 7.54. The lowest BCUT2D eigenvalue weighted by Gasteiger charge is -2.29. The summed E-state index contributed by atoms with van der Waals surface area (Å²) in [6.07, 6.45) is 6.50. The van der Waals surface area contributed by atoms with Crippen LogP contribution in [0, 0.1) is 11.8 Å². The van der Waals surface area contributed by atoms with Gasteiger partial charge in [0.25, 0.3) is 5.91 Å². The Labute approximate surface area is 221 Å². The Balaban J connectivity index is 1.29. The third kappa shape index (κ3) is 5.12. The van der Waals surface area contributed by atoms with Crippen LogP contribution in [-0.2, 0) is 14.4 Å². The minimum Gasteiger partial charge on any atom is -0.340 e. The highest BCUT2D eigenvalue weighted by Crippen LogP contribution is 2.34. The van der Waals surface area contributed by atoms with E-state index in [1.54, 1.807) is 15.9 Å². The van der Waals surface area contributed by atoms with Crippen molar-refractivity contribution in [3.63, 3.8) is 0 Å². The van der Waals surface area contributed by atoms with Crippen LogP contribution in [0.2, 0.25) is 0 Å². The van der Waals surface area contributed by atoms with Crippen LogP contribution in [0.15, 0.2) is 54.6 Å². The molecule has 2 aromatic rings. The van der Waals surface area contributed by atoms with Crippen LogP contribution in [0.25, 0.3) is 10.4 Å². The van der Waals surface area contributed by atoms with Gasteiger partial charge in [-0.3, -0.25) is 19.2 Å². The number of carbonyl (C=O) groups is 4. The molecule has 3 amide bonds. The Bertz CT molecular complexity index is 1210. The number of rotatable bonds is 7. The maximum atomic E-state index is 13.7. The zero-order chi connectivity index (χ0) is 26.1. The van der Waals surface area contributed by atoms with Crippen molar-refractivity contribution in [3.05, 3.63) is 59.5 Å². The zero-order valence-corrected chi connectivity index (χ0v) is 22.1. The molecule has 3 heterocycles. The topological polar surface area (TPSA) is 86.8 Å². The molecular weight excluding hydrogens is 486 g/mol. The number of hydrogen-bond acceptors (Lipinski definition) is 5. The van der Waals surface area contributed by atoms with Gasteiger partial charge in [0.05, 0.1) is 17.5 Å². The zero-order valence-electron chi connectivity index (χ0n) is 21.3. The van der Waals surface area contributed by atoms with Gasteiger partial charge in [0.15, 0.2) is 5.78 Å². The molecule has 3 unspecified atom stereocenters. The molecule has 0 spiro atoms. The number of allylic oxidation sites excluding steroid dienone is 2. The second kappa shape index (κ2) is 10.6. The lowest BCUT2D eigenvalue weighted by atomic mass is 10.0. The molecular formula is C29H33N3O4S. The minimum atomic E-state index is -0.731. The van der Waals surface area contributed by atoms with Gasteiger partial charge >= 0.3 is 0 Å². The van der Waals surface area contributed by atoms with E-state index in [-0.39, 0.29) is 47.9 Å². The number of thiophene rings is 1. The maximum Gasteiger partial charge on any atom is 0.262 e.